The first kappa shape index (κ1) is 21.9. The molecular formula is C23H21FN6O4S. The van der Waals surface area contributed by atoms with Crippen LogP contribution in [0.1, 0.15) is 11.1 Å². The maximum atomic E-state index is 13.4. The van der Waals surface area contributed by atoms with Crippen LogP contribution in [0.3, 0.4) is 0 Å². The van der Waals surface area contributed by atoms with Gasteiger partial charge < -0.3 is 5.11 Å². The average molecular weight is 497 g/mol. The summed E-state index contributed by atoms with van der Waals surface area (Å²) in [6.07, 6.45) is 2.87. The summed E-state index contributed by atoms with van der Waals surface area (Å²) in [4.78, 5) is 13.3. The van der Waals surface area contributed by atoms with Gasteiger partial charge >= 0.3 is 5.97 Å². The minimum absolute atomic E-state index is 0.0476. The second-order valence-electron chi connectivity index (χ2n) is 9.19. The summed E-state index contributed by atoms with van der Waals surface area (Å²) in [5.74, 6) is -2.31. The standard InChI is InChI=1S/C23H21FN6O4S/c1-13-7-19-14(9-26-30(19)16-5-3-15(24)4-6-16)8-17(13)23-12-29(11-18(23)21(23)22(31)32)35(33,34)20-10-25-28(2)27-20/h3-10,18,21H,11-12H2,1-2H3,(H,31,32)/t18-,21+,23+/m1/s1. The van der Waals surface area contributed by atoms with Gasteiger partial charge in [0, 0.05) is 30.9 Å². The topological polar surface area (TPSA) is 123 Å². The van der Waals surface area contributed by atoms with E-state index in [9.17, 15) is 22.7 Å². The second-order valence-corrected chi connectivity index (χ2v) is 11.1. The van der Waals surface area contributed by atoms with Gasteiger partial charge in [-0.05, 0) is 60.4 Å². The van der Waals surface area contributed by atoms with Crippen LogP contribution in [0, 0.1) is 24.6 Å². The Bertz CT molecular complexity index is 1610. The molecule has 4 aromatic rings. The summed E-state index contributed by atoms with van der Waals surface area (Å²) in [6, 6.07) is 9.82. The van der Waals surface area contributed by atoms with Crippen LogP contribution in [0.2, 0.25) is 0 Å². The molecule has 1 aliphatic heterocycles. The van der Waals surface area contributed by atoms with Gasteiger partial charge in [0.2, 0.25) is 5.03 Å². The van der Waals surface area contributed by atoms with Gasteiger partial charge in [-0.1, -0.05) is 0 Å². The summed E-state index contributed by atoms with van der Waals surface area (Å²) >= 11 is 0. The number of aromatic nitrogens is 5. The number of halogens is 1. The number of hydrogen-bond donors (Lipinski definition) is 1. The Balaban J connectivity index is 1.42. The number of carboxylic acid groups (broad SMARTS) is 1. The first-order chi connectivity index (χ1) is 16.6. The van der Waals surface area contributed by atoms with Crippen molar-refractivity contribution in [1.29, 1.82) is 0 Å². The minimum Gasteiger partial charge on any atom is -0.481 e. The molecule has 10 nitrogen and oxygen atoms in total. The van der Waals surface area contributed by atoms with Crippen molar-refractivity contribution < 1.29 is 22.7 Å². The van der Waals surface area contributed by atoms with E-state index in [1.807, 2.05) is 19.1 Å². The number of fused-ring (bicyclic) bond motifs is 2. The Labute approximate surface area is 199 Å². The Morgan fingerprint density at radius 3 is 2.57 bits per heavy atom. The van der Waals surface area contributed by atoms with E-state index < -0.39 is 27.3 Å². The van der Waals surface area contributed by atoms with E-state index in [1.165, 1.54) is 34.5 Å². The number of aliphatic carboxylic acids is 1. The molecule has 0 radical (unpaired) electrons. The lowest BCUT2D eigenvalue weighted by atomic mass is 9.88. The SMILES string of the molecule is Cc1cc2c(cnn2-c2ccc(F)cc2)cc1[C@@]12CN(S(=O)(=O)c3cnn(C)n3)C[C@@H]1[C@H]2C(=O)O. The summed E-state index contributed by atoms with van der Waals surface area (Å²) < 4.78 is 42.7. The molecule has 1 saturated carbocycles. The van der Waals surface area contributed by atoms with Crippen LogP contribution in [0.5, 0.6) is 0 Å². The number of rotatable bonds is 5. The summed E-state index contributed by atoms with van der Waals surface area (Å²) in [7, 11) is -2.37. The maximum Gasteiger partial charge on any atom is 0.307 e. The molecule has 1 N–H and O–H groups in total. The fourth-order valence-electron chi connectivity index (χ4n) is 5.65. The van der Waals surface area contributed by atoms with E-state index >= 15 is 0 Å². The van der Waals surface area contributed by atoms with Gasteiger partial charge in [0.05, 0.1) is 29.5 Å². The number of hydrogen-bond acceptors (Lipinski definition) is 6. The van der Waals surface area contributed by atoms with Gasteiger partial charge in [-0.25, -0.2) is 17.5 Å². The van der Waals surface area contributed by atoms with Crippen molar-refractivity contribution in [1.82, 2.24) is 29.1 Å². The van der Waals surface area contributed by atoms with Crippen LogP contribution in [0.4, 0.5) is 4.39 Å². The van der Waals surface area contributed by atoms with Crippen molar-refractivity contribution in [2.45, 2.75) is 17.4 Å². The molecule has 2 aliphatic rings. The predicted molar refractivity (Wildman–Crippen MR) is 122 cm³/mol. The molecule has 35 heavy (non-hydrogen) atoms. The zero-order valence-electron chi connectivity index (χ0n) is 18.8. The quantitative estimate of drug-likeness (QED) is 0.447. The number of nitrogens with zero attached hydrogens (tertiary/aromatic N) is 6. The third-order valence-electron chi connectivity index (χ3n) is 7.28. The summed E-state index contributed by atoms with van der Waals surface area (Å²) in [5.41, 5.74) is 2.30. The van der Waals surface area contributed by atoms with Gasteiger partial charge in [-0.15, -0.1) is 5.10 Å². The molecule has 0 unspecified atom stereocenters. The predicted octanol–water partition coefficient (Wildman–Crippen LogP) is 1.87. The zero-order valence-corrected chi connectivity index (χ0v) is 19.6. The number of carboxylic acids is 1. The first-order valence-electron chi connectivity index (χ1n) is 11.0. The Hall–Kier alpha value is -3.64. The van der Waals surface area contributed by atoms with Gasteiger partial charge in [0.1, 0.15) is 5.82 Å². The van der Waals surface area contributed by atoms with Gasteiger partial charge in [0.15, 0.2) is 0 Å². The highest BCUT2D eigenvalue weighted by atomic mass is 32.2. The number of sulfonamides is 1. The first-order valence-corrected chi connectivity index (χ1v) is 12.4. The normalized spacial score (nSPS) is 24.1. The van der Waals surface area contributed by atoms with E-state index in [0.29, 0.717) is 5.69 Å². The van der Waals surface area contributed by atoms with Gasteiger partial charge in [-0.2, -0.15) is 19.3 Å². The Kier molecular flexibility index (Phi) is 4.49. The van der Waals surface area contributed by atoms with Crippen molar-refractivity contribution in [3.63, 3.8) is 0 Å². The van der Waals surface area contributed by atoms with E-state index in [2.05, 4.69) is 15.3 Å². The van der Waals surface area contributed by atoms with Crippen LogP contribution >= 0.6 is 0 Å². The minimum atomic E-state index is -3.91. The van der Waals surface area contributed by atoms with Crippen molar-refractivity contribution in [3.05, 3.63) is 65.7 Å². The van der Waals surface area contributed by atoms with Crippen LogP contribution in [-0.4, -0.2) is 61.7 Å². The highest BCUT2D eigenvalue weighted by Crippen LogP contribution is 2.65. The van der Waals surface area contributed by atoms with Crippen LogP contribution in [0.25, 0.3) is 16.6 Å². The molecule has 180 valence electrons. The monoisotopic (exact) mass is 496 g/mol. The van der Waals surface area contributed by atoms with Crippen molar-refractivity contribution in [2.75, 3.05) is 13.1 Å². The number of piperidine rings is 1. The van der Waals surface area contributed by atoms with E-state index in [0.717, 1.165) is 22.0 Å². The molecule has 2 fully saturated rings. The molecule has 0 spiro atoms. The molecule has 2 aromatic carbocycles. The smallest absolute Gasteiger partial charge is 0.307 e. The highest BCUT2D eigenvalue weighted by Gasteiger charge is 2.74. The summed E-state index contributed by atoms with van der Waals surface area (Å²) in [6.45, 7) is 2.04. The van der Waals surface area contributed by atoms with Crippen LogP contribution < -0.4 is 0 Å². The molecule has 6 rings (SSSR count). The Morgan fingerprint density at radius 1 is 1.17 bits per heavy atom. The molecule has 12 heteroatoms. The van der Waals surface area contributed by atoms with Crippen LogP contribution in [-0.2, 0) is 27.3 Å². The second kappa shape index (κ2) is 7.18. The van der Waals surface area contributed by atoms with Gasteiger partial charge in [-0.3, -0.25) is 4.79 Å². The fourth-order valence-corrected chi connectivity index (χ4v) is 7.06. The number of aryl methyl sites for hydroxylation is 2. The highest BCUT2D eigenvalue weighted by molar-refractivity contribution is 7.89. The largest absolute Gasteiger partial charge is 0.481 e. The van der Waals surface area contributed by atoms with E-state index in [1.54, 1.807) is 23.0 Å². The third kappa shape index (κ3) is 3.06. The lowest BCUT2D eigenvalue weighted by Crippen LogP contribution is -2.36. The molecule has 1 aliphatic carbocycles. The number of carbonyl (C=O) groups is 1. The van der Waals surface area contributed by atoms with Crippen molar-refractivity contribution in [2.24, 2.45) is 18.9 Å². The average Bonchev–Trinajstić information content (AvgIpc) is 3.23. The van der Waals surface area contributed by atoms with Crippen molar-refractivity contribution in [3.8, 4) is 5.69 Å². The molecule has 2 aromatic heterocycles. The van der Waals surface area contributed by atoms with Crippen LogP contribution in [0.15, 0.2) is 53.8 Å². The zero-order chi connectivity index (χ0) is 24.7. The van der Waals surface area contributed by atoms with Crippen molar-refractivity contribution >= 4 is 26.9 Å². The third-order valence-corrected chi connectivity index (χ3v) is 8.96. The molecule has 0 bridgehead atoms. The maximum absolute atomic E-state index is 13.4. The Morgan fingerprint density at radius 2 is 1.91 bits per heavy atom. The molecule has 3 heterocycles. The molecule has 1 saturated heterocycles. The van der Waals surface area contributed by atoms with E-state index in [4.69, 9.17) is 0 Å². The molecule has 3 atom stereocenters. The lowest BCUT2D eigenvalue weighted by molar-refractivity contribution is -0.139. The molecule has 0 amide bonds. The fraction of sp³-hybridized carbons (Fsp3) is 0.304. The lowest BCUT2D eigenvalue weighted by Gasteiger charge is -2.23. The van der Waals surface area contributed by atoms with Gasteiger partial charge in [0.25, 0.3) is 10.0 Å². The number of benzene rings is 2. The summed E-state index contributed by atoms with van der Waals surface area (Å²) in [5, 5.41) is 22.8. The van der Waals surface area contributed by atoms with E-state index in [-0.39, 0.29) is 29.9 Å². The molecular weight excluding hydrogens is 475 g/mol.